The number of nitro groups is 1. The van der Waals surface area contributed by atoms with Crippen molar-refractivity contribution in [2.45, 2.75) is 12.3 Å². The lowest BCUT2D eigenvalue weighted by Crippen LogP contribution is -1.96. The molecule has 0 amide bonds. The van der Waals surface area contributed by atoms with E-state index in [-0.39, 0.29) is 5.69 Å². The Labute approximate surface area is 89.4 Å². The molecule has 0 fully saturated rings. The fraction of sp³-hybridized carbons (Fsp3) is 0.222. The predicted molar refractivity (Wildman–Crippen MR) is 55.2 cm³/mol. The third kappa shape index (κ3) is 1.91. The Balaban J connectivity index is 3.44. The summed E-state index contributed by atoms with van der Waals surface area (Å²) < 4.78 is 0. The van der Waals surface area contributed by atoms with Crippen molar-refractivity contribution in [3.05, 3.63) is 38.9 Å². The lowest BCUT2D eigenvalue weighted by atomic mass is 10.0. The zero-order valence-corrected chi connectivity index (χ0v) is 9.04. The fourth-order valence-electron chi connectivity index (χ4n) is 1.15. The molecule has 0 saturated heterocycles. The van der Waals surface area contributed by atoms with Gasteiger partial charge in [0.1, 0.15) is 0 Å². The fourth-order valence-corrected chi connectivity index (χ4v) is 1.73. The molecule has 0 heterocycles. The number of nitriles is 1. The van der Waals surface area contributed by atoms with E-state index >= 15 is 0 Å². The van der Waals surface area contributed by atoms with E-state index in [9.17, 15) is 10.1 Å². The van der Waals surface area contributed by atoms with E-state index < -0.39 is 4.92 Å². The van der Waals surface area contributed by atoms with Crippen molar-refractivity contribution in [1.82, 2.24) is 0 Å². The summed E-state index contributed by atoms with van der Waals surface area (Å²) in [4.78, 5) is 10.2. The third-order valence-corrected chi connectivity index (χ3v) is 2.56. The molecule has 0 bridgehead atoms. The van der Waals surface area contributed by atoms with Gasteiger partial charge in [-0.05, 0) is 18.6 Å². The Kier molecular flexibility index (Phi) is 3.20. The van der Waals surface area contributed by atoms with Crippen molar-refractivity contribution in [1.29, 1.82) is 5.26 Å². The van der Waals surface area contributed by atoms with Crippen molar-refractivity contribution in [2.24, 2.45) is 0 Å². The van der Waals surface area contributed by atoms with E-state index in [1.54, 1.807) is 13.0 Å². The number of hydrogen-bond acceptors (Lipinski definition) is 3. The van der Waals surface area contributed by atoms with Crippen molar-refractivity contribution in [2.75, 3.05) is 0 Å². The number of rotatable bonds is 2. The van der Waals surface area contributed by atoms with Crippen LogP contribution in [-0.2, 0) is 5.33 Å². The first kappa shape index (κ1) is 10.7. The maximum absolute atomic E-state index is 10.6. The molecule has 72 valence electrons. The number of benzene rings is 1. The van der Waals surface area contributed by atoms with Gasteiger partial charge in [0.15, 0.2) is 0 Å². The smallest absolute Gasteiger partial charge is 0.258 e. The minimum atomic E-state index is -0.470. The minimum absolute atomic E-state index is 0.00139. The van der Waals surface area contributed by atoms with Crippen LogP contribution in [0.2, 0.25) is 0 Å². The molecule has 0 spiro atoms. The molecule has 0 aliphatic heterocycles. The molecule has 1 aromatic carbocycles. The molecule has 0 N–H and O–H groups in total. The topological polar surface area (TPSA) is 66.9 Å². The van der Waals surface area contributed by atoms with Crippen molar-refractivity contribution in [3.8, 4) is 6.07 Å². The normalized spacial score (nSPS) is 9.50. The van der Waals surface area contributed by atoms with Gasteiger partial charge < -0.3 is 0 Å². The number of alkyl halides is 1. The van der Waals surface area contributed by atoms with Crippen molar-refractivity contribution < 1.29 is 4.92 Å². The SMILES string of the molecule is Cc1c(CBr)cc(C#N)cc1[N+](=O)[O-]. The largest absolute Gasteiger partial charge is 0.273 e. The minimum Gasteiger partial charge on any atom is -0.258 e. The average Bonchev–Trinajstić information content (AvgIpc) is 2.17. The van der Waals surface area contributed by atoms with Gasteiger partial charge in [0.05, 0.1) is 16.6 Å². The zero-order chi connectivity index (χ0) is 10.7. The highest BCUT2D eigenvalue weighted by Gasteiger charge is 2.15. The molecular weight excluding hydrogens is 248 g/mol. The van der Waals surface area contributed by atoms with Crippen LogP contribution in [0.1, 0.15) is 16.7 Å². The van der Waals surface area contributed by atoms with Gasteiger partial charge in [-0.3, -0.25) is 10.1 Å². The molecule has 0 aliphatic rings. The molecule has 14 heavy (non-hydrogen) atoms. The molecule has 1 rings (SSSR count). The van der Waals surface area contributed by atoms with Gasteiger partial charge in [0.25, 0.3) is 5.69 Å². The highest BCUT2D eigenvalue weighted by atomic mass is 79.9. The second-order valence-electron chi connectivity index (χ2n) is 2.78. The summed E-state index contributed by atoms with van der Waals surface area (Å²) in [5.41, 5.74) is 1.69. The summed E-state index contributed by atoms with van der Waals surface area (Å²) in [6.07, 6.45) is 0. The number of hydrogen-bond donors (Lipinski definition) is 0. The van der Waals surface area contributed by atoms with Crippen LogP contribution in [0, 0.1) is 28.4 Å². The third-order valence-electron chi connectivity index (χ3n) is 1.96. The lowest BCUT2D eigenvalue weighted by molar-refractivity contribution is -0.385. The van der Waals surface area contributed by atoms with Crippen LogP contribution >= 0.6 is 15.9 Å². The van der Waals surface area contributed by atoms with Crippen LogP contribution in [0.15, 0.2) is 12.1 Å². The number of nitrogens with zero attached hydrogens (tertiary/aromatic N) is 2. The summed E-state index contributed by atoms with van der Waals surface area (Å²) in [7, 11) is 0. The summed E-state index contributed by atoms with van der Waals surface area (Å²) >= 11 is 3.22. The van der Waals surface area contributed by atoms with Gasteiger partial charge in [0, 0.05) is 17.0 Å². The predicted octanol–water partition coefficient (Wildman–Crippen LogP) is 2.67. The van der Waals surface area contributed by atoms with Crippen molar-refractivity contribution in [3.63, 3.8) is 0 Å². The van der Waals surface area contributed by atoms with Gasteiger partial charge in [-0.15, -0.1) is 0 Å². The maximum atomic E-state index is 10.6. The highest BCUT2D eigenvalue weighted by Crippen LogP contribution is 2.24. The molecule has 1 aromatic rings. The van der Waals surface area contributed by atoms with Crippen LogP contribution in [0.5, 0.6) is 0 Å². The summed E-state index contributed by atoms with van der Waals surface area (Å²) in [6, 6.07) is 4.84. The molecule has 0 radical (unpaired) electrons. The second-order valence-corrected chi connectivity index (χ2v) is 3.34. The Morgan fingerprint density at radius 2 is 2.29 bits per heavy atom. The maximum Gasteiger partial charge on any atom is 0.273 e. The summed E-state index contributed by atoms with van der Waals surface area (Å²) in [6.45, 7) is 1.68. The van der Waals surface area contributed by atoms with E-state index in [2.05, 4.69) is 15.9 Å². The molecule has 0 atom stereocenters. The Morgan fingerprint density at radius 3 is 2.71 bits per heavy atom. The molecule has 5 heteroatoms. The highest BCUT2D eigenvalue weighted by molar-refractivity contribution is 9.08. The zero-order valence-electron chi connectivity index (χ0n) is 7.45. The van der Waals surface area contributed by atoms with E-state index in [4.69, 9.17) is 5.26 Å². The Bertz CT molecular complexity index is 424. The quantitative estimate of drug-likeness (QED) is 0.463. The van der Waals surface area contributed by atoms with Crippen molar-refractivity contribution >= 4 is 21.6 Å². The molecule has 4 nitrogen and oxygen atoms in total. The number of halogens is 1. The lowest BCUT2D eigenvalue weighted by Gasteiger charge is -2.03. The van der Waals surface area contributed by atoms with Gasteiger partial charge in [0.2, 0.25) is 0 Å². The van der Waals surface area contributed by atoms with E-state index in [1.807, 2.05) is 6.07 Å². The number of nitro benzene ring substituents is 1. The molecule has 0 aromatic heterocycles. The first-order chi connectivity index (χ1) is 6.60. The Morgan fingerprint density at radius 1 is 1.64 bits per heavy atom. The molecular formula is C9H7BrN2O2. The second kappa shape index (κ2) is 4.20. The molecule has 0 unspecified atom stereocenters. The molecule has 0 saturated carbocycles. The molecule has 0 aliphatic carbocycles. The van der Waals surface area contributed by atoms with Gasteiger partial charge >= 0.3 is 0 Å². The average molecular weight is 255 g/mol. The van der Waals surface area contributed by atoms with E-state index in [0.717, 1.165) is 5.56 Å². The van der Waals surface area contributed by atoms with E-state index in [1.165, 1.54) is 6.07 Å². The van der Waals surface area contributed by atoms with Crippen LogP contribution in [0.25, 0.3) is 0 Å². The first-order valence-corrected chi connectivity index (χ1v) is 4.96. The summed E-state index contributed by atoms with van der Waals surface area (Å²) in [5.74, 6) is 0. The van der Waals surface area contributed by atoms with Crippen LogP contribution < -0.4 is 0 Å². The summed E-state index contributed by atoms with van der Waals surface area (Å²) in [5, 5.41) is 19.8. The van der Waals surface area contributed by atoms with Crippen LogP contribution in [0.3, 0.4) is 0 Å². The van der Waals surface area contributed by atoms with Crippen LogP contribution in [0.4, 0.5) is 5.69 Å². The Hall–Kier alpha value is -1.41. The standard InChI is InChI=1S/C9H7BrN2O2/c1-6-8(4-10)2-7(5-11)3-9(6)12(13)14/h2-3H,4H2,1H3. The van der Waals surface area contributed by atoms with Gasteiger partial charge in [-0.25, -0.2) is 0 Å². The van der Waals surface area contributed by atoms with Crippen LogP contribution in [-0.4, -0.2) is 4.92 Å². The monoisotopic (exact) mass is 254 g/mol. The van der Waals surface area contributed by atoms with E-state index in [0.29, 0.717) is 16.5 Å². The van der Waals surface area contributed by atoms with Gasteiger partial charge in [-0.2, -0.15) is 5.26 Å². The van der Waals surface area contributed by atoms with Gasteiger partial charge in [-0.1, -0.05) is 15.9 Å². The first-order valence-electron chi connectivity index (χ1n) is 3.84.